The quantitative estimate of drug-likeness (QED) is 0.926. The van der Waals surface area contributed by atoms with E-state index >= 15 is 0 Å². The molecule has 1 N–H and O–H groups in total. The van der Waals surface area contributed by atoms with Crippen LogP contribution in [0.15, 0.2) is 22.7 Å². The van der Waals surface area contributed by atoms with E-state index in [2.05, 4.69) is 21.2 Å². The zero-order valence-electron chi connectivity index (χ0n) is 11.1. The lowest BCUT2D eigenvalue weighted by Crippen LogP contribution is -2.48. The molecule has 0 atom stereocenters. The van der Waals surface area contributed by atoms with Gasteiger partial charge >= 0.3 is 0 Å². The lowest BCUT2D eigenvalue weighted by atomic mass is 10.0. The smallest absolute Gasteiger partial charge is 0.254 e. The molecule has 18 heavy (non-hydrogen) atoms. The first-order valence-corrected chi connectivity index (χ1v) is 6.44. The third-order valence-corrected chi connectivity index (χ3v) is 3.56. The fourth-order valence-electron chi connectivity index (χ4n) is 1.22. The van der Waals surface area contributed by atoms with E-state index in [-0.39, 0.29) is 11.1 Å². The second-order valence-corrected chi connectivity index (χ2v) is 5.93. The van der Waals surface area contributed by atoms with E-state index in [0.29, 0.717) is 11.0 Å². The summed E-state index contributed by atoms with van der Waals surface area (Å²) in [6.07, 6.45) is 0. The van der Waals surface area contributed by atoms with Crippen molar-refractivity contribution < 1.29 is 9.18 Å². The Balaban J connectivity index is 2.75. The Morgan fingerprint density at radius 1 is 1.44 bits per heavy atom. The number of nitrogens with zero attached hydrogens (tertiary/aromatic N) is 1. The van der Waals surface area contributed by atoms with E-state index < -0.39 is 11.7 Å². The highest BCUT2D eigenvalue weighted by Crippen LogP contribution is 2.16. The summed E-state index contributed by atoms with van der Waals surface area (Å²) in [7, 11) is 3.87. The highest BCUT2D eigenvalue weighted by molar-refractivity contribution is 9.10. The minimum absolute atomic E-state index is 0.0546. The van der Waals surface area contributed by atoms with E-state index in [0.717, 1.165) is 0 Å². The molecule has 1 aromatic carbocycles. The van der Waals surface area contributed by atoms with Gasteiger partial charge < -0.3 is 10.2 Å². The zero-order chi connectivity index (χ0) is 13.9. The Bertz CT molecular complexity index is 447. The Morgan fingerprint density at radius 3 is 2.61 bits per heavy atom. The maximum atomic E-state index is 13.5. The predicted octanol–water partition coefficient (Wildman–Crippen LogP) is 2.66. The molecule has 0 aliphatic heterocycles. The number of carbonyl (C=O) groups is 1. The van der Waals surface area contributed by atoms with Crippen LogP contribution in [0.1, 0.15) is 24.2 Å². The number of carbonyl (C=O) groups excluding carboxylic acids is 1. The van der Waals surface area contributed by atoms with Gasteiger partial charge in [0.1, 0.15) is 5.82 Å². The molecule has 5 heteroatoms. The van der Waals surface area contributed by atoms with Crippen LogP contribution in [0.2, 0.25) is 0 Å². The van der Waals surface area contributed by atoms with Crippen LogP contribution in [-0.2, 0) is 0 Å². The Kier molecular flexibility index (Phi) is 4.87. The fraction of sp³-hybridized carbons (Fsp3) is 0.462. The largest absolute Gasteiger partial charge is 0.350 e. The van der Waals surface area contributed by atoms with E-state index in [1.54, 1.807) is 6.07 Å². The number of likely N-dealkylation sites (N-methyl/N-ethyl adjacent to an activating group) is 1. The van der Waals surface area contributed by atoms with Crippen LogP contribution in [0.3, 0.4) is 0 Å². The van der Waals surface area contributed by atoms with Crippen LogP contribution in [0.25, 0.3) is 0 Å². The first-order chi connectivity index (χ1) is 8.24. The van der Waals surface area contributed by atoms with Crippen molar-refractivity contribution >= 4 is 21.8 Å². The third-order valence-electron chi connectivity index (χ3n) is 3.07. The Morgan fingerprint density at radius 2 is 2.06 bits per heavy atom. The van der Waals surface area contributed by atoms with Crippen LogP contribution < -0.4 is 5.32 Å². The summed E-state index contributed by atoms with van der Waals surface area (Å²) in [5.41, 5.74) is -0.128. The van der Waals surface area contributed by atoms with Crippen molar-refractivity contribution in [2.45, 2.75) is 19.4 Å². The minimum Gasteiger partial charge on any atom is -0.350 e. The monoisotopic (exact) mass is 316 g/mol. The molecule has 0 aromatic heterocycles. The molecule has 1 aromatic rings. The highest BCUT2D eigenvalue weighted by Gasteiger charge is 2.22. The van der Waals surface area contributed by atoms with Crippen LogP contribution in [0.5, 0.6) is 0 Å². The first kappa shape index (κ1) is 15.1. The normalized spacial score (nSPS) is 11.7. The van der Waals surface area contributed by atoms with Crippen molar-refractivity contribution in [3.05, 3.63) is 34.1 Å². The number of benzene rings is 1. The molecule has 0 spiro atoms. The zero-order valence-corrected chi connectivity index (χ0v) is 12.6. The molecule has 100 valence electrons. The summed E-state index contributed by atoms with van der Waals surface area (Å²) in [6, 6.07) is 4.32. The number of hydrogen-bond acceptors (Lipinski definition) is 2. The van der Waals surface area contributed by atoms with Gasteiger partial charge in [-0.3, -0.25) is 4.79 Å². The molecule has 0 radical (unpaired) electrons. The van der Waals surface area contributed by atoms with Crippen molar-refractivity contribution in [2.24, 2.45) is 0 Å². The molecule has 0 aliphatic carbocycles. The molecule has 0 fully saturated rings. The van der Waals surface area contributed by atoms with Gasteiger partial charge in [0.25, 0.3) is 5.91 Å². The summed E-state index contributed by atoms with van der Waals surface area (Å²) in [6.45, 7) is 4.46. The van der Waals surface area contributed by atoms with Crippen molar-refractivity contribution in [3.63, 3.8) is 0 Å². The molecule has 0 unspecified atom stereocenters. The first-order valence-electron chi connectivity index (χ1n) is 5.65. The van der Waals surface area contributed by atoms with Gasteiger partial charge in [-0.05, 0) is 46.1 Å². The fourth-order valence-corrected chi connectivity index (χ4v) is 1.58. The van der Waals surface area contributed by atoms with Crippen molar-refractivity contribution in [3.8, 4) is 0 Å². The van der Waals surface area contributed by atoms with Crippen molar-refractivity contribution in [1.82, 2.24) is 10.2 Å². The van der Waals surface area contributed by atoms with E-state index in [1.807, 2.05) is 32.8 Å². The van der Waals surface area contributed by atoms with Crippen LogP contribution >= 0.6 is 15.9 Å². The highest BCUT2D eigenvalue weighted by atomic mass is 79.9. The summed E-state index contributed by atoms with van der Waals surface area (Å²) < 4.78 is 14.2. The van der Waals surface area contributed by atoms with Gasteiger partial charge in [-0.15, -0.1) is 0 Å². The topological polar surface area (TPSA) is 32.3 Å². The lowest BCUT2D eigenvalue weighted by molar-refractivity contribution is 0.0915. The minimum atomic E-state index is -0.515. The van der Waals surface area contributed by atoms with Crippen molar-refractivity contribution in [1.29, 1.82) is 0 Å². The van der Waals surface area contributed by atoms with Gasteiger partial charge in [0, 0.05) is 16.6 Å². The number of amides is 1. The average Bonchev–Trinajstić information content (AvgIpc) is 2.29. The molecular weight excluding hydrogens is 299 g/mol. The molecule has 0 aliphatic rings. The number of hydrogen-bond donors (Lipinski definition) is 1. The molecule has 0 heterocycles. The molecule has 3 nitrogen and oxygen atoms in total. The van der Waals surface area contributed by atoms with Crippen molar-refractivity contribution in [2.75, 3.05) is 20.6 Å². The van der Waals surface area contributed by atoms with Gasteiger partial charge in [0.2, 0.25) is 0 Å². The average molecular weight is 317 g/mol. The molecule has 1 amide bonds. The van der Waals surface area contributed by atoms with Crippen LogP contribution in [-0.4, -0.2) is 37.0 Å². The van der Waals surface area contributed by atoms with Gasteiger partial charge in [-0.2, -0.15) is 0 Å². The van der Waals surface area contributed by atoms with Crippen LogP contribution in [0.4, 0.5) is 4.39 Å². The number of rotatable bonds is 4. The van der Waals surface area contributed by atoms with Gasteiger partial charge in [0.05, 0.1) is 5.56 Å². The third kappa shape index (κ3) is 3.78. The molecule has 1 rings (SSSR count). The molecule has 0 bridgehead atoms. The van der Waals surface area contributed by atoms with E-state index in [4.69, 9.17) is 0 Å². The Labute approximate surface area is 115 Å². The second kappa shape index (κ2) is 5.80. The SMILES string of the molecule is CN(C)C(C)(C)CNC(=O)c1cc(Br)ccc1F. The maximum absolute atomic E-state index is 13.5. The number of halogens is 2. The lowest BCUT2D eigenvalue weighted by Gasteiger charge is -2.32. The van der Waals surface area contributed by atoms with E-state index in [9.17, 15) is 9.18 Å². The van der Waals surface area contributed by atoms with Crippen LogP contribution in [0, 0.1) is 5.82 Å². The molecular formula is C13H18BrFN2O. The molecule has 0 saturated carbocycles. The predicted molar refractivity (Wildman–Crippen MR) is 74.2 cm³/mol. The maximum Gasteiger partial charge on any atom is 0.254 e. The summed E-state index contributed by atoms with van der Waals surface area (Å²) >= 11 is 3.22. The van der Waals surface area contributed by atoms with Gasteiger partial charge in [0.15, 0.2) is 0 Å². The Hall–Kier alpha value is -0.940. The summed E-state index contributed by atoms with van der Waals surface area (Å²) in [5.74, 6) is -0.915. The summed E-state index contributed by atoms with van der Waals surface area (Å²) in [5, 5.41) is 2.75. The standard InChI is InChI=1S/C13H18BrFN2O/c1-13(2,17(3)4)8-16-12(18)10-7-9(14)5-6-11(10)15/h5-7H,8H2,1-4H3,(H,16,18). The number of nitrogens with one attached hydrogen (secondary N) is 1. The molecule has 0 saturated heterocycles. The van der Waals surface area contributed by atoms with Gasteiger partial charge in [-0.1, -0.05) is 15.9 Å². The van der Waals surface area contributed by atoms with E-state index in [1.165, 1.54) is 12.1 Å². The van der Waals surface area contributed by atoms with Gasteiger partial charge in [-0.25, -0.2) is 4.39 Å². The summed E-state index contributed by atoms with van der Waals surface area (Å²) in [4.78, 5) is 13.9. The second-order valence-electron chi connectivity index (χ2n) is 5.01.